The minimum absolute atomic E-state index is 0.181. The van der Waals surface area contributed by atoms with Crippen LogP contribution in [0.1, 0.15) is 33.6 Å². The van der Waals surface area contributed by atoms with Gasteiger partial charge in [-0.3, -0.25) is 4.79 Å². The van der Waals surface area contributed by atoms with Gasteiger partial charge in [0.25, 0.3) is 0 Å². The lowest BCUT2D eigenvalue weighted by Crippen LogP contribution is -2.19. The van der Waals surface area contributed by atoms with E-state index in [0.717, 1.165) is 0 Å². The van der Waals surface area contributed by atoms with Crippen molar-refractivity contribution in [2.45, 2.75) is 33.6 Å². The number of ketones is 1. The molecule has 0 unspecified atom stereocenters. The van der Waals surface area contributed by atoms with Gasteiger partial charge in [0.15, 0.2) is 0 Å². The number of hydrogen-bond donors (Lipinski definition) is 1. The van der Waals surface area contributed by atoms with E-state index < -0.39 is 0 Å². The first-order valence-corrected chi connectivity index (χ1v) is 5.15. The van der Waals surface area contributed by atoms with Crippen LogP contribution in [-0.4, -0.2) is 44.8 Å². The van der Waals surface area contributed by atoms with Crippen molar-refractivity contribution in [3.05, 3.63) is 0 Å². The van der Waals surface area contributed by atoms with Gasteiger partial charge in [-0.05, 0) is 21.0 Å². The second-order valence-corrected chi connectivity index (χ2v) is 3.20. The molecular weight excluding hydrogens is 192 g/mol. The van der Waals surface area contributed by atoms with E-state index in [2.05, 4.69) is 5.32 Å². The van der Waals surface area contributed by atoms with E-state index in [1.807, 2.05) is 27.9 Å². The number of rotatable bonds is 2. The summed E-state index contributed by atoms with van der Waals surface area (Å²) in [7, 11) is 7.26. The van der Waals surface area contributed by atoms with Crippen LogP contribution in [-0.2, 0) is 9.59 Å². The fraction of sp³-hybridized carbons (Fsp3) is 0.818. The summed E-state index contributed by atoms with van der Waals surface area (Å²) in [5.41, 5.74) is 0. The summed E-state index contributed by atoms with van der Waals surface area (Å²) in [5, 5.41) is 2.75. The molecule has 0 saturated carbocycles. The number of hydrogen-bond acceptors (Lipinski definition) is 3. The predicted molar refractivity (Wildman–Crippen MR) is 64.9 cm³/mol. The largest absolute Gasteiger partial charge is 0.349 e. The van der Waals surface area contributed by atoms with Crippen LogP contribution < -0.4 is 5.32 Å². The first-order valence-electron chi connectivity index (χ1n) is 5.15. The van der Waals surface area contributed by atoms with Crippen LogP contribution in [0.15, 0.2) is 0 Å². The van der Waals surface area contributed by atoms with Crippen molar-refractivity contribution >= 4 is 11.7 Å². The maximum absolute atomic E-state index is 10.4. The molecule has 0 aliphatic rings. The Morgan fingerprint density at radius 2 is 1.33 bits per heavy atom. The average molecular weight is 218 g/mol. The highest BCUT2D eigenvalue weighted by molar-refractivity contribution is 5.75. The van der Waals surface area contributed by atoms with Crippen molar-refractivity contribution in [3.8, 4) is 0 Å². The summed E-state index contributed by atoms with van der Waals surface area (Å²) in [6, 6.07) is 0. The zero-order chi connectivity index (χ0) is 12.9. The SMILES string of the molecule is CCC(=O)N(C)C.CCC(C)=O.CNC. The van der Waals surface area contributed by atoms with Crippen LogP contribution in [0.25, 0.3) is 0 Å². The highest BCUT2D eigenvalue weighted by Crippen LogP contribution is 1.81. The number of nitrogens with one attached hydrogen (secondary N) is 1. The van der Waals surface area contributed by atoms with Gasteiger partial charge in [0, 0.05) is 26.9 Å². The third-order valence-electron chi connectivity index (χ3n) is 1.30. The Bertz CT molecular complexity index is 157. The van der Waals surface area contributed by atoms with Gasteiger partial charge >= 0.3 is 0 Å². The molecular formula is C11H26N2O2. The van der Waals surface area contributed by atoms with Crippen molar-refractivity contribution in [3.63, 3.8) is 0 Å². The summed E-state index contributed by atoms with van der Waals surface area (Å²) >= 11 is 0. The Morgan fingerprint density at radius 1 is 1.07 bits per heavy atom. The maximum Gasteiger partial charge on any atom is 0.221 e. The van der Waals surface area contributed by atoms with Crippen LogP contribution in [0.4, 0.5) is 0 Å². The summed E-state index contributed by atoms with van der Waals surface area (Å²) in [6.45, 7) is 5.28. The lowest BCUT2D eigenvalue weighted by atomic mass is 10.4. The Hall–Kier alpha value is -0.900. The molecule has 4 nitrogen and oxygen atoms in total. The molecule has 0 atom stereocenters. The van der Waals surface area contributed by atoms with E-state index in [1.165, 1.54) is 0 Å². The average Bonchev–Trinajstić information content (AvgIpc) is 2.18. The van der Waals surface area contributed by atoms with Crippen molar-refractivity contribution < 1.29 is 9.59 Å². The van der Waals surface area contributed by atoms with Gasteiger partial charge in [0.2, 0.25) is 5.91 Å². The molecule has 0 aromatic carbocycles. The lowest BCUT2D eigenvalue weighted by molar-refractivity contribution is -0.128. The van der Waals surface area contributed by atoms with E-state index >= 15 is 0 Å². The first-order chi connectivity index (χ1) is 6.87. The minimum atomic E-state index is 0.181. The summed E-state index contributed by atoms with van der Waals surface area (Å²) < 4.78 is 0. The lowest BCUT2D eigenvalue weighted by Gasteiger charge is -2.05. The van der Waals surface area contributed by atoms with Gasteiger partial charge in [-0.25, -0.2) is 0 Å². The normalized spacial score (nSPS) is 7.67. The number of nitrogens with zero attached hydrogens (tertiary/aromatic N) is 1. The van der Waals surface area contributed by atoms with Crippen molar-refractivity contribution in [2.24, 2.45) is 0 Å². The van der Waals surface area contributed by atoms with Gasteiger partial charge < -0.3 is 15.0 Å². The summed E-state index contributed by atoms with van der Waals surface area (Å²) in [5.74, 6) is 0.435. The monoisotopic (exact) mass is 218 g/mol. The first kappa shape index (κ1) is 19.6. The maximum atomic E-state index is 10.4. The topological polar surface area (TPSA) is 49.4 Å². The molecule has 0 aromatic rings. The van der Waals surface area contributed by atoms with Crippen LogP contribution >= 0.6 is 0 Å². The predicted octanol–water partition coefficient (Wildman–Crippen LogP) is 1.31. The molecule has 92 valence electrons. The van der Waals surface area contributed by atoms with Gasteiger partial charge in [-0.15, -0.1) is 0 Å². The zero-order valence-electron chi connectivity index (χ0n) is 11.2. The number of carbonyl (C=O) groups excluding carboxylic acids is 2. The van der Waals surface area contributed by atoms with Gasteiger partial charge in [-0.1, -0.05) is 13.8 Å². The van der Waals surface area contributed by atoms with Gasteiger partial charge in [0.05, 0.1) is 0 Å². The molecule has 0 heterocycles. The Balaban J connectivity index is -0.000000158. The van der Waals surface area contributed by atoms with E-state index in [9.17, 15) is 9.59 Å². The molecule has 0 saturated heterocycles. The quantitative estimate of drug-likeness (QED) is 0.760. The summed E-state index contributed by atoms with van der Waals surface area (Å²) in [4.78, 5) is 21.8. The zero-order valence-corrected chi connectivity index (χ0v) is 11.2. The molecule has 0 rings (SSSR count). The standard InChI is InChI=1S/C5H11NO.C4H8O.C2H7N/c1-4-5(7)6(2)3;1-3-4(2)5;1-3-2/h4H2,1-3H3;3H2,1-2H3;3H,1-2H3. The Kier molecular flexibility index (Phi) is 20.4. The van der Waals surface area contributed by atoms with E-state index in [4.69, 9.17) is 0 Å². The fourth-order valence-corrected chi connectivity index (χ4v) is 0.316. The molecule has 4 heteroatoms. The fourth-order valence-electron chi connectivity index (χ4n) is 0.316. The third kappa shape index (κ3) is 32.0. The van der Waals surface area contributed by atoms with Crippen LogP contribution in [0, 0.1) is 0 Å². The second kappa shape index (κ2) is 15.6. The minimum Gasteiger partial charge on any atom is -0.349 e. The number of Topliss-reactive ketones (excluding diaryl/α,β-unsaturated/α-hetero) is 1. The van der Waals surface area contributed by atoms with E-state index in [-0.39, 0.29) is 11.7 Å². The molecule has 0 aromatic heterocycles. The molecule has 0 radical (unpaired) electrons. The van der Waals surface area contributed by atoms with Gasteiger partial charge in [-0.2, -0.15) is 0 Å². The Morgan fingerprint density at radius 3 is 1.33 bits per heavy atom. The van der Waals surface area contributed by atoms with Gasteiger partial charge in [0.1, 0.15) is 5.78 Å². The highest BCUT2D eigenvalue weighted by Gasteiger charge is 1.95. The molecule has 0 bridgehead atoms. The van der Waals surface area contributed by atoms with E-state index in [0.29, 0.717) is 12.8 Å². The summed E-state index contributed by atoms with van der Waals surface area (Å²) in [6.07, 6.45) is 1.27. The molecule has 0 spiro atoms. The molecule has 0 fully saturated rings. The van der Waals surface area contributed by atoms with Crippen molar-refractivity contribution in [1.82, 2.24) is 10.2 Å². The smallest absolute Gasteiger partial charge is 0.221 e. The van der Waals surface area contributed by atoms with Crippen LogP contribution in [0.3, 0.4) is 0 Å². The third-order valence-corrected chi connectivity index (χ3v) is 1.30. The van der Waals surface area contributed by atoms with Crippen LogP contribution in [0.5, 0.6) is 0 Å². The van der Waals surface area contributed by atoms with Crippen molar-refractivity contribution in [2.75, 3.05) is 28.2 Å². The number of amides is 1. The molecule has 1 N–H and O–H groups in total. The molecule has 1 amide bonds. The van der Waals surface area contributed by atoms with E-state index in [1.54, 1.807) is 25.9 Å². The van der Waals surface area contributed by atoms with Crippen molar-refractivity contribution in [1.29, 1.82) is 0 Å². The number of carbonyl (C=O) groups is 2. The highest BCUT2D eigenvalue weighted by atomic mass is 16.2. The second-order valence-electron chi connectivity index (χ2n) is 3.20. The van der Waals surface area contributed by atoms with Crippen LogP contribution in [0.2, 0.25) is 0 Å². The molecule has 0 aliphatic heterocycles. The molecule has 0 aliphatic carbocycles. The molecule has 15 heavy (non-hydrogen) atoms. The Labute approximate surface area is 94.0 Å².